The molecule has 0 saturated carbocycles. The summed E-state index contributed by atoms with van der Waals surface area (Å²) in [7, 11) is 1.49. The van der Waals surface area contributed by atoms with E-state index >= 15 is 0 Å². The number of carbonyl (C=O) groups is 2. The number of nitrogens with one attached hydrogen (secondary N) is 3. The van der Waals surface area contributed by atoms with E-state index in [-0.39, 0.29) is 12.5 Å². The summed E-state index contributed by atoms with van der Waals surface area (Å²) in [6.45, 7) is 2.28. The number of rotatable bonds is 6. The van der Waals surface area contributed by atoms with E-state index in [1.54, 1.807) is 12.1 Å². The zero-order valence-corrected chi connectivity index (χ0v) is 13.8. The molecule has 0 aliphatic rings. The first-order chi connectivity index (χ1) is 11.6. The number of ether oxygens (including phenoxy) is 1. The van der Waals surface area contributed by atoms with Crippen LogP contribution in [0, 0.1) is 6.92 Å². The van der Waals surface area contributed by atoms with Gasteiger partial charge in [0.15, 0.2) is 0 Å². The quantitative estimate of drug-likeness (QED) is 0.762. The Morgan fingerprint density at radius 3 is 2.50 bits per heavy atom. The van der Waals surface area contributed by atoms with Crippen LogP contribution < -0.4 is 20.7 Å². The predicted molar refractivity (Wildman–Crippen MR) is 93.0 cm³/mol. The van der Waals surface area contributed by atoms with Crippen molar-refractivity contribution in [2.24, 2.45) is 0 Å². The Hall–Kier alpha value is -3.02. The van der Waals surface area contributed by atoms with Gasteiger partial charge in [-0.1, -0.05) is 30.3 Å². The third-order valence-electron chi connectivity index (χ3n) is 3.36. The van der Waals surface area contributed by atoms with E-state index in [2.05, 4.69) is 16.0 Å². The van der Waals surface area contributed by atoms with E-state index in [4.69, 9.17) is 4.74 Å². The number of carbonyl (C=O) groups excluding carboxylic acids is 2. The van der Waals surface area contributed by atoms with Crippen molar-refractivity contribution in [2.45, 2.75) is 13.5 Å². The molecule has 0 radical (unpaired) electrons. The number of amides is 3. The van der Waals surface area contributed by atoms with Crippen molar-refractivity contribution >= 4 is 17.6 Å². The van der Waals surface area contributed by atoms with E-state index in [0.29, 0.717) is 12.3 Å². The highest BCUT2D eigenvalue weighted by Gasteiger charge is 2.07. The lowest BCUT2D eigenvalue weighted by Gasteiger charge is -2.12. The minimum absolute atomic E-state index is 0.0919. The molecule has 0 heterocycles. The molecule has 2 aromatic rings. The van der Waals surface area contributed by atoms with Crippen molar-refractivity contribution < 1.29 is 14.3 Å². The van der Waals surface area contributed by atoms with Crippen LogP contribution in [0.4, 0.5) is 10.5 Å². The fourth-order valence-electron chi connectivity index (χ4n) is 2.05. The molecule has 3 N–H and O–H groups in total. The second kappa shape index (κ2) is 8.57. The SMILES string of the molecule is CNC(=O)NCC(=O)Nc1ccc(OCc2ccccc2)cc1C. The number of hydrogen-bond acceptors (Lipinski definition) is 3. The molecule has 6 nitrogen and oxygen atoms in total. The molecular formula is C18H21N3O3. The summed E-state index contributed by atoms with van der Waals surface area (Å²) in [4.78, 5) is 22.8. The smallest absolute Gasteiger partial charge is 0.314 e. The summed E-state index contributed by atoms with van der Waals surface area (Å²) in [6, 6.07) is 15.0. The molecule has 0 aliphatic heterocycles. The highest BCUT2D eigenvalue weighted by Crippen LogP contribution is 2.22. The minimum atomic E-state index is -0.397. The largest absolute Gasteiger partial charge is 0.489 e. The Kier molecular flexibility index (Phi) is 6.19. The maximum absolute atomic E-state index is 11.8. The second-order valence-corrected chi connectivity index (χ2v) is 5.23. The third-order valence-corrected chi connectivity index (χ3v) is 3.36. The molecule has 2 rings (SSSR count). The molecule has 0 fully saturated rings. The first-order valence-electron chi connectivity index (χ1n) is 7.61. The van der Waals surface area contributed by atoms with E-state index in [1.807, 2.05) is 43.3 Å². The van der Waals surface area contributed by atoms with Crippen LogP contribution in [-0.2, 0) is 11.4 Å². The van der Waals surface area contributed by atoms with Crippen molar-refractivity contribution in [3.63, 3.8) is 0 Å². The summed E-state index contributed by atoms with van der Waals surface area (Å²) >= 11 is 0. The lowest BCUT2D eigenvalue weighted by atomic mass is 10.2. The normalized spacial score (nSPS) is 9.92. The average molecular weight is 327 g/mol. The van der Waals surface area contributed by atoms with Crippen LogP contribution in [0.1, 0.15) is 11.1 Å². The molecule has 0 saturated heterocycles. The van der Waals surface area contributed by atoms with Gasteiger partial charge in [0, 0.05) is 12.7 Å². The Morgan fingerprint density at radius 2 is 1.83 bits per heavy atom. The van der Waals surface area contributed by atoms with E-state index in [1.165, 1.54) is 7.05 Å². The topological polar surface area (TPSA) is 79.5 Å². The Balaban J connectivity index is 1.89. The van der Waals surface area contributed by atoms with Crippen LogP contribution in [0.25, 0.3) is 0 Å². The van der Waals surface area contributed by atoms with Gasteiger partial charge in [-0.3, -0.25) is 4.79 Å². The maximum Gasteiger partial charge on any atom is 0.314 e. The van der Waals surface area contributed by atoms with Crippen molar-refractivity contribution in [2.75, 3.05) is 18.9 Å². The first kappa shape index (κ1) is 17.3. The summed E-state index contributed by atoms with van der Waals surface area (Å²) in [6.07, 6.45) is 0. The predicted octanol–water partition coefficient (Wildman–Crippen LogP) is 2.44. The Bertz CT molecular complexity index is 702. The molecule has 3 amide bonds. The van der Waals surface area contributed by atoms with Gasteiger partial charge >= 0.3 is 6.03 Å². The van der Waals surface area contributed by atoms with Crippen molar-refractivity contribution in [1.29, 1.82) is 0 Å². The maximum atomic E-state index is 11.8. The third kappa shape index (κ3) is 5.31. The van der Waals surface area contributed by atoms with Crippen molar-refractivity contribution in [3.8, 4) is 5.75 Å². The summed E-state index contributed by atoms with van der Waals surface area (Å²) in [5, 5.41) is 7.57. The van der Waals surface area contributed by atoms with Gasteiger partial charge in [0.05, 0.1) is 6.54 Å². The lowest BCUT2D eigenvalue weighted by Crippen LogP contribution is -2.38. The molecule has 2 aromatic carbocycles. The van der Waals surface area contributed by atoms with Crippen LogP contribution in [-0.4, -0.2) is 25.5 Å². The van der Waals surface area contributed by atoms with Gasteiger partial charge in [-0.25, -0.2) is 4.79 Å². The molecule has 0 aliphatic carbocycles. The Labute approximate surface area is 141 Å². The minimum Gasteiger partial charge on any atom is -0.489 e. The fourth-order valence-corrected chi connectivity index (χ4v) is 2.05. The molecule has 24 heavy (non-hydrogen) atoms. The zero-order valence-electron chi connectivity index (χ0n) is 13.8. The van der Waals surface area contributed by atoms with Gasteiger partial charge in [-0.15, -0.1) is 0 Å². The standard InChI is InChI=1S/C18H21N3O3/c1-13-10-15(24-12-14-6-4-3-5-7-14)8-9-16(13)21-17(22)11-20-18(23)19-2/h3-10H,11-12H2,1-2H3,(H,21,22)(H2,19,20,23). The molecular weight excluding hydrogens is 306 g/mol. The van der Waals surface area contributed by atoms with E-state index < -0.39 is 6.03 Å². The number of urea groups is 1. The van der Waals surface area contributed by atoms with Crippen LogP contribution in [0.2, 0.25) is 0 Å². The molecule has 6 heteroatoms. The molecule has 0 atom stereocenters. The van der Waals surface area contributed by atoms with Gasteiger partial charge in [-0.2, -0.15) is 0 Å². The van der Waals surface area contributed by atoms with Crippen molar-refractivity contribution in [1.82, 2.24) is 10.6 Å². The first-order valence-corrected chi connectivity index (χ1v) is 7.61. The number of hydrogen-bond donors (Lipinski definition) is 3. The second-order valence-electron chi connectivity index (χ2n) is 5.23. The lowest BCUT2D eigenvalue weighted by molar-refractivity contribution is -0.115. The summed E-state index contributed by atoms with van der Waals surface area (Å²) in [5.41, 5.74) is 2.66. The van der Waals surface area contributed by atoms with Gasteiger partial charge in [0.1, 0.15) is 12.4 Å². The molecule has 0 bridgehead atoms. The molecule has 0 aromatic heterocycles. The molecule has 126 valence electrons. The average Bonchev–Trinajstić information content (AvgIpc) is 2.61. The Morgan fingerprint density at radius 1 is 1.08 bits per heavy atom. The zero-order chi connectivity index (χ0) is 17.4. The summed E-state index contributed by atoms with van der Waals surface area (Å²) in [5.74, 6) is 0.442. The van der Waals surface area contributed by atoms with Crippen LogP contribution >= 0.6 is 0 Å². The highest BCUT2D eigenvalue weighted by molar-refractivity contribution is 5.94. The number of anilines is 1. The molecule has 0 spiro atoms. The van der Waals surface area contributed by atoms with Crippen LogP contribution in [0.3, 0.4) is 0 Å². The van der Waals surface area contributed by atoms with Crippen LogP contribution in [0.5, 0.6) is 5.75 Å². The molecule has 0 unspecified atom stereocenters. The fraction of sp³-hybridized carbons (Fsp3) is 0.222. The van der Waals surface area contributed by atoms with Gasteiger partial charge in [0.2, 0.25) is 5.91 Å². The van der Waals surface area contributed by atoms with E-state index in [9.17, 15) is 9.59 Å². The van der Waals surface area contributed by atoms with Gasteiger partial charge in [-0.05, 0) is 36.2 Å². The highest BCUT2D eigenvalue weighted by atomic mass is 16.5. The van der Waals surface area contributed by atoms with Gasteiger partial charge in [0.25, 0.3) is 0 Å². The van der Waals surface area contributed by atoms with Crippen molar-refractivity contribution in [3.05, 3.63) is 59.7 Å². The monoisotopic (exact) mass is 327 g/mol. The summed E-state index contributed by atoms with van der Waals surface area (Å²) < 4.78 is 5.75. The van der Waals surface area contributed by atoms with Crippen LogP contribution in [0.15, 0.2) is 48.5 Å². The van der Waals surface area contributed by atoms with E-state index in [0.717, 1.165) is 16.9 Å². The van der Waals surface area contributed by atoms with Gasteiger partial charge < -0.3 is 20.7 Å². The number of aryl methyl sites for hydroxylation is 1. The number of benzene rings is 2.